The van der Waals surface area contributed by atoms with E-state index in [0.717, 1.165) is 25.9 Å². The highest BCUT2D eigenvalue weighted by Gasteiger charge is 2.28. The summed E-state index contributed by atoms with van der Waals surface area (Å²) >= 11 is 0. The molecule has 1 unspecified atom stereocenters. The molecule has 1 atom stereocenters. The molecular weight excluding hydrogens is 248 g/mol. The van der Waals surface area contributed by atoms with Gasteiger partial charge in [-0.2, -0.15) is 0 Å². The lowest BCUT2D eigenvalue weighted by molar-refractivity contribution is -0.123. The van der Waals surface area contributed by atoms with Gasteiger partial charge in [-0.15, -0.1) is 12.4 Å². The summed E-state index contributed by atoms with van der Waals surface area (Å²) in [7, 11) is 0. The van der Waals surface area contributed by atoms with Crippen LogP contribution in [-0.4, -0.2) is 25.0 Å². The van der Waals surface area contributed by atoms with Crippen LogP contribution in [0, 0.1) is 5.41 Å². The Labute approximate surface area is 117 Å². The molecular formula is C14H27ClN2O. The number of rotatable bonds is 3. The van der Waals surface area contributed by atoms with Gasteiger partial charge in [0.25, 0.3) is 0 Å². The van der Waals surface area contributed by atoms with Crippen molar-refractivity contribution in [2.75, 3.05) is 13.1 Å². The van der Waals surface area contributed by atoms with Crippen LogP contribution in [0.1, 0.15) is 58.3 Å². The van der Waals surface area contributed by atoms with Gasteiger partial charge in [-0.05, 0) is 37.6 Å². The Bertz CT molecular complexity index is 257. The zero-order valence-corrected chi connectivity index (χ0v) is 12.3. The van der Waals surface area contributed by atoms with Crippen LogP contribution in [0.25, 0.3) is 0 Å². The summed E-state index contributed by atoms with van der Waals surface area (Å²) in [6.45, 7) is 4.19. The Balaban J connectivity index is 0.00000162. The molecule has 0 aromatic heterocycles. The third-order valence-corrected chi connectivity index (χ3v) is 4.38. The highest BCUT2D eigenvalue weighted by molar-refractivity contribution is 5.85. The molecule has 1 amide bonds. The highest BCUT2D eigenvalue weighted by Crippen LogP contribution is 2.33. The van der Waals surface area contributed by atoms with Crippen LogP contribution >= 0.6 is 12.4 Å². The van der Waals surface area contributed by atoms with Gasteiger partial charge >= 0.3 is 0 Å². The number of nitrogens with one attached hydrogen (secondary N) is 2. The zero-order valence-electron chi connectivity index (χ0n) is 11.5. The van der Waals surface area contributed by atoms with E-state index in [9.17, 15) is 4.79 Å². The third kappa shape index (κ3) is 4.43. The molecule has 18 heavy (non-hydrogen) atoms. The summed E-state index contributed by atoms with van der Waals surface area (Å²) in [5, 5.41) is 6.42. The maximum absolute atomic E-state index is 11.9. The first kappa shape index (κ1) is 15.8. The number of amides is 1. The van der Waals surface area contributed by atoms with Crippen molar-refractivity contribution < 1.29 is 4.79 Å². The Hall–Kier alpha value is -0.280. The first-order chi connectivity index (χ1) is 8.20. The number of halogens is 1. The summed E-state index contributed by atoms with van der Waals surface area (Å²) in [5.74, 6) is 0.216. The van der Waals surface area contributed by atoms with Crippen molar-refractivity contribution in [3.05, 3.63) is 0 Å². The van der Waals surface area contributed by atoms with Crippen molar-refractivity contribution in [1.82, 2.24) is 10.6 Å². The molecule has 0 bridgehead atoms. The van der Waals surface area contributed by atoms with E-state index in [1.165, 1.54) is 38.5 Å². The second-order valence-corrected chi connectivity index (χ2v) is 6.09. The van der Waals surface area contributed by atoms with Gasteiger partial charge in [0.1, 0.15) is 0 Å². The summed E-state index contributed by atoms with van der Waals surface area (Å²) < 4.78 is 0. The van der Waals surface area contributed by atoms with Crippen molar-refractivity contribution in [2.24, 2.45) is 5.41 Å². The Morgan fingerprint density at radius 3 is 2.44 bits per heavy atom. The molecule has 0 aromatic rings. The molecule has 1 saturated carbocycles. The maximum Gasteiger partial charge on any atom is 0.237 e. The molecule has 1 aliphatic carbocycles. The molecule has 1 aliphatic heterocycles. The Morgan fingerprint density at radius 1 is 1.22 bits per heavy atom. The van der Waals surface area contributed by atoms with E-state index in [0.29, 0.717) is 5.41 Å². The van der Waals surface area contributed by atoms with Gasteiger partial charge in [-0.1, -0.05) is 32.6 Å². The molecule has 4 heteroatoms. The Morgan fingerprint density at radius 2 is 1.89 bits per heavy atom. The molecule has 1 heterocycles. The fourth-order valence-corrected chi connectivity index (χ4v) is 3.09. The fourth-order valence-electron chi connectivity index (χ4n) is 3.09. The zero-order chi connectivity index (χ0) is 12.1. The SMILES string of the molecule is CC1(CNC(=O)C2CCCN2)CCCCCC1.Cl. The average Bonchev–Trinajstić information content (AvgIpc) is 2.77. The molecule has 0 radical (unpaired) electrons. The van der Waals surface area contributed by atoms with Crippen molar-refractivity contribution in [1.29, 1.82) is 0 Å². The van der Waals surface area contributed by atoms with Crippen LogP contribution in [0.2, 0.25) is 0 Å². The van der Waals surface area contributed by atoms with E-state index in [1.807, 2.05) is 0 Å². The molecule has 1 saturated heterocycles. The second kappa shape index (κ2) is 7.34. The van der Waals surface area contributed by atoms with E-state index in [1.54, 1.807) is 0 Å². The lowest BCUT2D eigenvalue weighted by atomic mass is 9.82. The first-order valence-corrected chi connectivity index (χ1v) is 7.21. The van der Waals surface area contributed by atoms with Crippen molar-refractivity contribution in [3.63, 3.8) is 0 Å². The highest BCUT2D eigenvalue weighted by atomic mass is 35.5. The normalized spacial score (nSPS) is 27.1. The first-order valence-electron chi connectivity index (χ1n) is 7.21. The maximum atomic E-state index is 11.9. The standard InChI is InChI=1S/C14H26N2O.ClH/c1-14(8-4-2-3-5-9-14)11-16-13(17)12-7-6-10-15-12;/h12,15H,2-11H2,1H3,(H,16,17);1H. The Kier molecular flexibility index (Phi) is 6.44. The van der Waals surface area contributed by atoms with Gasteiger partial charge in [-0.25, -0.2) is 0 Å². The van der Waals surface area contributed by atoms with E-state index in [-0.39, 0.29) is 24.4 Å². The fraction of sp³-hybridized carbons (Fsp3) is 0.929. The number of carbonyl (C=O) groups excluding carboxylic acids is 1. The van der Waals surface area contributed by atoms with Crippen LogP contribution in [0.15, 0.2) is 0 Å². The van der Waals surface area contributed by atoms with Crippen LogP contribution in [-0.2, 0) is 4.79 Å². The monoisotopic (exact) mass is 274 g/mol. The predicted octanol–water partition coefficient (Wildman–Crippen LogP) is 2.64. The van der Waals surface area contributed by atoms with Gasteiger partial charge in [0.05, 0.1) is 6.04 Å². The molecule has 106 valence electrons. The quantitative estimate of drug-likeness (QED) is 0.777. The smallest absolute Gasteiger partial charge is 0.237 e. The molecule has 2 N–H and O–H groups in total. The minimum atomic E-state index is 0. The molecule has 2 fully saturated rings. The average molecular weight is 275 g/mol. The largest absolute Gasteiger partial charge is 0.354 e. The summed E-state index contributed by atoms with van der Waals surface area (Å²) in [5.41, 5.74) is 0.338. The summed E-state index contributed by atoms with van der Waals surface area (Å²) in [6.07, 6.45) is 10.1. The van der Waals surface area contributed by atoms with Crippen molar-refractivity contribution in [3.8, 4) is 0 Å². The topological polar surface area (TPSA) is 41.1 Å². The third-order valence-electron chi connectivity index (χ3n) is 4.38. The minimum Gasteiger partial charge on any atom is -0.354 e. The molecule has 3 nitrogen and oxygen atoms in total. The predicted molar refractivity (Wildman–Crippen MR) is 77.1 cm³/mol. The van der Waals surface area contributed by atoms with E-state index in [2.05, 4.69) is 17.6 Å². The van der Waals surface area contributed by atoms with Gasteiger partial charge in [-0.3, -0.25) is 4.79 Å². The van der Waals surface area contributed by atoms with Crippen LogP contribution in [0.4, 0.5) is 0 Å². The summed E-state index contributed by atoms with van der Waals surface area (Å²) in [6, 6.07) is 0.0735. The van der Waals surface area contributed by atoms with Crippen LogP contribution in [0.3, 0.4) is 0 Å². The van der Waals surface area contributed by atoms with Crippen LogP contribution < -0.4 is 10.6 Å². The van der Waals surface area contributed by atoms with Crippen molar-refractivity contribution in [2.45, 2.75) is 64.3 Å². The lowest BCUT2D eigenvalue weighted by Gasteiger charge is -2.29. The second-order valence-electron chi connectivity index (χ2n) is 6.09. The number of carbonyl (C=O) groups is 1. The molecule has 0 spiro atoms. The van der Waals surface area contributed by atoms with Gasteiger partial charge in [0.15, 0.2) is 0 Å². The van der Waals surface area contributed by atoms with E-state index in [4.69, 9.17) is 0 Å². The van der Waals surface area contributed by atoms with E-state index < -0.39 is 0 Å². The van der Waals surface area contributed by atoms with Gasteiger partial charge in [0, 0.05) is 6.54 Å². The van der Waals surface area contributed by atoms with Crippen molar-refractivity contribution >= 4 is 18.3 Å². The lowest BCUT2D eigenvalue weighted by Crippen LogP contribution is -2.44. The molecule has 2 aliphatic rings. The van der Waals surface area contributed by atoms with E-state index >= 15 is 0 Å². The molecule has 0 aromatic carbocycles. The van der Waals surface area contributed by atoms with Gasteiger partial charge in [0.2, 0.25) is 5.91 Å². The summed E-state index contributed by atoms with van der Waals surface area (Å²) in [4.78, 5) is 11.9. The molecule has 2 rings (SSSR count). The van der Waals surface area contributed by atoms with Crippen LogP contribution in [0.5, 0.6) is 0 Å². The number of hydrogen-bond acceptors (Lipinski definition) is 2. The minimum absolute atomic E-state index is 0. The number of hydrogen-bond donors (Lipinski definition) is 2. The van der Waals surface area contributed by atoms with Gasteiger partial charge < -0.3 is 10.6 Å².